The van der Waals surface area contributed by atoms with Gasteiger partial charge in [0.05, 0.1) is 5.01 Å². The van der Waals surface area contributed by atoms with Crippen molar-refractivity contribution in [2.24, 2.45) is 11.8 Å². The molecule has 2 saturated heterocycles. The maximum atomic E-state index is 13.5. The van der Waals surface area contributed by atoms with E-state index in [-0.39, 0.29) is 17.7 Å². The lowest BCUT2D eigenvalue weighted by Crippen LogP contribution is -2.45. The average molecular weight is 503 g/mol. The van der Waals surface area contributed by atoms with E-state index in [4.69, 9.17) is 11.6 Å². The molecule has 2 aliphatic rings. The monoisotopic (exact) mass is 502 g/mol. The molecular weight excluding hydrogens is 468 g/mol. The summed E-state index contributed by atoms with van der Waals surface area (Å²) in [6.07, 6.45) is 7.81. The predicted octanol–water partition coefficient (Wildman–Crippen LogP) is 4.73. The molecule has 2 fully saturated rings. The number of halogens is 1. The van der Waals surface area contributed by atoms with Gasteiger partial charge in [-0.2, -0.15) is 0 Å². The van der Waals surface area contributed by atoms with Crippen LogP contribution in [0.5, 0.6) is 0 Å². The number of piperidine rings is 2. The highest BCUT2D eigenvalue weighted by molar-refractivity contribution is 7.09. The maximum Gasteiger partial charge on any atom is 0.230 e. The van der Waals surface area contributed by atoms with E-state index >= 15 is 0 Å². The molecule has 34 heavy (non-hydrogen) atoms. The Bertz CT molecular complexity index is 938. The van der Waals surface area contributed by atoms with Crippen LogP contribution in [0.15, 0.2) is 35.8 Å². The van der Waals surface area contributed by atoms with Gasteiger partial charge in [0, 0.05) is 61.2 Å². The molecule has 0 radical (unpaired) electrons. The van der Waals surface area contributed by atoms with Crippen LogP contribution >= 0.6 is 22.9 Å². The smallest absolute Gasteiger partial charge is 0.230 e. The van der Waals surface area contributed by atoms with Gasteiger partial charge in [0.15, 0.2) is 0 Å². The van der Waals surface area contributed by atoms with E-state index in [2.05, 4.69) is 15.3 Å². The third kappa shape index (κ3) is 6.80. The van der Waals surface area contributed by atoms with E-state index in [0.29, 0.717) is 24.7 Å². The van der Waals surface area contributed by atoms with Crippen LogP contribution in [0, 0.1) is 11.8 Å². The van der Waals surface area contributed by atoms with Crippen LogP contribution in [0.1, 0.15) is 44.0 Å². The van der Waals surface area contributed by atoms with Crippen LogP contribution in [0.4, 0.5) is 5.69 Å². The average Bonchev–Trinajstić information content (AvgIpc) is 3.35. The number of carbonyl (C=O) groups is 2. The Morgan fingerprint density at radius 3 is 2.56 bits per heavy atom. The van der Waals surface area contributed by atoms with Gasteiger partial charge in [-0.3, -0.25) is 9.59 Å². The van der Waals surface area contributed by atoms with Crippen LogP contribution in [-0.4, -0.2) is 65.9 Å². The third-order valence-electron chi connectivity index (χ3n) is 7.19. The second kappa shape index (κ2) is 12.1. The number of nitrogens with zero attached hydrogens (tertiary/aromatic N) is 4. The third-order valence-corrected chi connectivity index (χ3v) is 8.22. The van der Waals surface area contributed by atoms with Gasteiger partial charge in [-0.25, -0.2) is 4.98 Å². The number of benzene rings is 1. The molecule has 2 aromatic rings. The largest absolute Gasteiger partial charge is 0.343 e. The Balaban J connectivity index is 1.30. The highest BCUT2D eigenvalue weighted by Gasteiger charge is 2.30. The molecular formula is C26H35ClN4O2S. The molecule has 2 aliphatic heterocycles. The first-order valence-electron chi connectivity index (χ1n) is 12.4. The van der Waals surface area contributed by atoms with Gasteiger partial charge in [-0.15, -0.1) is 11.3 Å². The fourth-order valence-corrected chi connectivity index (χ4v) is 6.06. The van der Waals surface area contributed by atoms with Crippen molar-refractivity contribution < 1.29 is 9.59 Å². The highest BCUT2D eigenvalue weighted by Crippen LogP contribution is 2.27. The van der Waals surface area contributed by atoms with Gasteiger partial charge in [-0.05, 0) is 75.9 Å². The lowest BCUT2D eigenvalue weighted by Gasteiger charge is -2.35. The molecule has 0 atom stereocenters. The first kappa shape index (κ1) is 25.1. The second-order valence-electron chi connectivity index (χ2n) is 9.52. The molecule has 0 N–H and O–H groups in total. The molecule has 4 rings (SSSR count). The lowest BCUT2D eigenvalue weighted by molar-refractivity contribution is -0.133. The summed E-state index contributed by atoms with van der Waals surface area (Å²) in [6, 6.07) is 7.60. The fourth-order valence-electron chi connectivity index (χ4n) is 5.14. The van der Waals surface area contributed by atoms with E-state index in [0.717, 1.165) is 56.9 Å². The summed E-state index contributed by atoms with van der Waals surface area (Å²) in [4.78, 5) is 35.9. The normalized spacial score (nSPS) is 18.2. The molecule has 8 heteroatoms. The summed E-state index contributed by atoms with van der Waals surface area (Å²) in [6.45, 7) is 6.83. The molecule has 3 heterocycles. The van der Waals surface area contributed by atoms with Crippen molar-refractivity contribution >= 4 is 40.4 Å². The number of likely N-dealkylation sites (tertiary alicyclic amines) is 2. The predicted molar refractivity (Wildman–Crippen MR) is 138 cm³/mol. The molecule has 6 nitrogen and oxygen atoms in total. The molecule has 2 amide bonds. The van der Waals surface area contributed by atoms with E-state index in [9.17, 15) is 9.59 Å². The Kier molecular flexibility index (Phi) is 8.98. The number of rotatable bonds is 8. The summed E-state index contributed by atoms with van der Waals surface area (Å²) < 4.78 is 0. The number of thiazole rings is 1. The Morgan fingerprint density at radius 1 is 1.15 bits per heavy atom. The number of anilines is 1. The SMILES string of the molecule is CC(=O)N1CCC(C(=O)N(CCCN2CCC(Cc3nccs3)CC2)c2cccc(Cl)c2)CC1. The van der Waals surface area contributed by atoms with Crippen LogP contribution < -0.4 is 4.90 Å². The molecule has 0 saturated carbocycles. The molecule has 0 unspecified atom stereocenters. The van der Waals surface area contributed by atoms with Crippen molar-refractivity contribution in [1.29, 1.82) is 0 Å². The van der Waals surface area contributed by atoms with Gasteiger partial charge in [-0.1, -0.05) is 17.7 Å². The van der Waals surface area contributed by atoms with Crippen molar-refractivity contribution in [3.05, 3.63) is 45.9 Å². The van der Waals surface area contributed by atoms with E-state index in [1.54, 1.807) is 18.3 Å². The summed E-state index contributed by atoms with van der Waals surface area (Å²) in [7, 11) is 0. The summed E-state index contributed by atoms with van der Waals surface area (Å²) >= 11 is 8.02. The minimum absolute atomic E-state index is 0.0452. The Morgan fingerprint density at radius 2 is 1.91 bits per heavy atom. The van der Waals surface area contributed by atoms with Crippen LogP contribution in [-0.2, 0) is 16.0 Å². The van der Waals surface area contributed by atoms with Crippen molar-refractivity contribution in [3.63, 3.8) is 0 Å². The zero-order valence-electron chi connectivity index (χ0n) is 20.0. The summed E-state index contributed by atoms with van der Waals surface area (Å²) in [5.41, 5.74) is 0.869. The Hall–Kier alpha value is -1.96. The lowest BCUT2D eigenvalue weighted by atomic mass is 9.93. The number of hydrogen-bond acceptors (Lipinski definition) is 5. The second-order valence-corrected chi connectivity index (χ2v) is 10.9. The number of amides is 2. The standard InChI is InChI=1S/C26H35ClN4O2S/c1-20(32)30-15-8-22(9-16-30)26(33)31(24-5-2-4-23(27)19-24)12-3-11-29-13-6-21(7-14-29)18-25-28-10-17-34-25/h2,4-5,10,17,19,21-22H,3,6-9,11-16,18H2,1H3. The first-order chi connectivity index (χ1) is 16.5. The quantitative estimate of drug-likeness (QED) is 0.523. The fraction of sp³-hybridized carbons (Fsp3) is 0.577. The zero-order chi connectivity index (χ0) is 23.9. The topological polar surface area (TPSA) is 56.8 Å². The first-order valence-corrected chi connectivity index (χ1v) is 13.7. The van der Waals surface area contributed by atoms with Gasteiger partial charge >= 0.3 is 0 Å². The van der Waals surface area contributed by atoms with E-state index < -0.39 is 0 Å². The van der Waals surface area contributed by atoms with Gasteiger partial charge in [0.2, 0.25) is 11.8 Å². The minimum Gasteiger partial charge on any atom is -0.343 e. The minimum atomic E-state index is -0.0452. The molecule has 1 aromatic heterocycles. The zero-order valence-corrected chi connectivity index (χ0v) is 21.6. The summed E-state index contributed by atoms with van der Waals surface area (Å²) in [5.74, 6) is 0.935. The molecule has 0 bridgehead atoms. The molecule has 184 valence electrons. The highest BCUT2D eigenvalue weighted by atomic mass is 35.5. The molecule has 0 spiro atoms. The van der Waals surface area contributed by atoms with E-state index in [1.807, 2.05) is 40.3 Å². The van der Waals surface area contributed by atoms with E-state index in [1.165, 1.54) is 17.8 Å². The van der Waals surface area contributed by atoms with Crippen molar-refractivity contribution in [3.8, 4) is 0 Å². The van der Waals surface area contributed by atoms with Crippen molar-refractivity contribution in [2.75, 3.05) is 44.2 Å². The number of carbonyl (C=O) groups excluding carboxylic acids is 2. The molecule has 0 aliphatic carbocycles. The van der Waals surface area contributed by atoms with Crippen LogP contribution in [0.3, 0.4) is 0 Å². The number of aromatic nitrogens is 1. The molecule has 1 aromatic carbocycles. The maximum absolute atomic E-state index is 13.5. The van der Waals surface area contributed by atoms with Gasteiger partial charge < -0.3 is 14.7 Å². The van der Waals surface area contributed by atoms with Gasteiger partial charge in [0.25, 0.3) is 0 Å². The van der Waals surface area contributed by atoms with Crippen LogP contribution in [0.25, 0.3) is 0 Å². The van der Waals surface area contributed by atoms with Crippen LogP contribution in [0.2, 0.25) is 5.02 Å². The van der Waals surface area contributed by atoms with Crippen molar-refractivity contribution in [2.45, 2.75) is 45.4 Å². The Labute approximate surface area is 211 Å². The van der Waals surface area contributed by atoms with Crippen molar-refractivity contribution in [1.82, 2.24) is 14.8 Å². The summed E-state index contributed by atoms with van der Waals surface area (Å²) in [5, 5.41) is 3.96. The van der Waals surface area contributed by atoms with Gasteiger partial charge in [0.1, 0.15) is 0 Å². The number of hydrogen-bond donors (Lipinski definition) is 0.